The van der Waals surface area contributed by atoms with E-state index in [1.807, 2.05) is 31.2 Å². The lowest BCUT2D eigenvalue weighted by atomic mass is 10.1. The number of ketones is 1. The zero-order valence-electron chi connectivity index (χ0n) is 17.6. The van der Waals surface area contributed by atoms with Crippen molar-refractivity contribution in [2.45, 2.75) is 13.3 Å². The van der Waals surface area contributed by atoms with Crippen LogP contribution in [0.1, 0.15) is 22.3 Å². The summed E-state index contributed by atoms with van der Waals surface area (Å²) in [5.74, 6) is 0.210. The van der Waals surface area contributed by atoms with Crippen LogP contribution in [-0.2, 0) is 0 Å². The zero-order chi connectivity index (χ0) is 20.8. The standard InChI is InChI=1S/C28H26OP.BrH/c1-23-17-19-24(20-18-23)28(29)21-22-30(25-11-5-2-6-12-25,26-13-7-3-8-14-26)27-15-9-4-10-16-27;/h2-20H,21-22H2,1H3;1H/q+1;/p-1. The van der Waals surface area contributed by atoms with Gasteiger partial charge in [-0.15, -0.1) is 0 Å². The van der Waals surface area contributed by atoms with Gasteiger partial charge in [-0.3, -0.25) is 4.79 Å². The Bertz CT molecular complexity index is 997. The fraction of sp³-hybridized carbons (Fsp3) is 0.107. The highest BCUT2D eigenvalue weighted by Crippen LogP contribution is 2.55. The zero-order valence-corrected chi connectivity index (χ0v) is 20.1. The molecule has 0 aliphatic heterocycles. The topological polar surface area (TPSA) is 17.1 Å². The lowest BCUT2D eigenvalue weighted by Gasteiger charge is -2.27. The molecule has 0 unspecified atom stereocenters. The van der Waals surface area contributed by atoms with Crippen molar-refractivity contribution in [2.24, 2.45) is 0 Å². The first kappa shape index (κ1) is 23.1. The second-order valence-corrected chi connectivity index (χ2v) is 11.2. The molecule has 0 saturated carbocycles. The molecule has 4 rings (SSSR count). The molecule has 0 aliphatic rings. The van der Waals surface area contributed by atoms with Gasteiger partial charge >= 0.3 is 0 Å². The number of halogens is 1. The lowest BCUT2D eigenvalue weighted by molar-refractivity contribution is -0.0000137. The number of hydrogen-bond acceptors (Lipinski definition) is 1. The Labute approximate surface area is 196 Å². The van der Waals surface area contributed by atoms with Crippen molar-refractivity contribution in [3.05, 3.63) is 126 Å². The molecule has 0 heterocycles. The highest BCUT2D eigenvalue weighted by molar-refractivity contribution is 7.95. The molecule has 0 saturated heterocycles. The summed E-state index contributed by atoms with van der Waals surface area (Å²) in [5.41, 5.74) is 1.97. The SMILES string of the molecule is Cc1ccc(C(=O)CC[P+](c2ccccc2)(c2ccccc2)c2ccccc2)cc1.[Br-]. The third kappa shape index (κ3) is 5.03. The molecule has 0 atom stereocenters. The summed E-state index contributed by atoms with van der Waals surface area (Å²) < 4.78 is 0. The van der Waals surface area contributed by atoms with E-state index in [-0.39, 0.29) is 22.8 Å². The first-order valence-corrected chi connectivity index (χ1v) is 12.3. The van der Waals surface area contributed by atoms with Crippen LogP contribution < -0.4 is 32.9 Å². The lowest BCUT2D eigenvalue weighted by Crippen LogP contribution is -3.00. The molecule has 0 spiro atoms. The van der Waals surface area contributed by atoms with E-state index >= 15 is 0 Å². The summed E-state index contributed by atoms with van der Waals surface area (Å²) in [6.07, 6.45) is 1.34. The molecule has 4 aromatic carbocycles. The summed E-state index contributed by atoms with van der Waals surface area (Å²) in [5, 5.41) is 3.96. The highest BCUT2D eigenvalue weighted by atomic mass is 79.9. The number of aryl methyl sites for hydroxylation is 1. The maximum Gasteiger partial charge on any atom is 0.166 e. The van der Waals surface area contributed by atoms with Gasteiger partial charge in [0.25, 0.3) is 0 Å². The number of rotatable bonds is 7. The van der Waals surface area contributed by atoms with E-state index in [1.54, 1.807) is 0 Å². The predicted octanol–water partition coefficient (Wildman–Crippen LogP) is 2.57. The molecular weight excluding hydrogens is 463 g/mol. The van der Waals surface area contributed by atoms with Crippen molar-refractivity contribution in [1.29, 1.82) is 0 Å². The Morgan fingerprint density at radius 2 is 1.00 bits per heavy atom. The molecule has 0 fully saturated rings. The van der Waals surface area contributed by atoms with Crippen LogP contribution in [-0.4, -0.2) is 11.9 Å². The molecule has 0 aromatic heterocycles. The first-order chi connectivity index (χ1) is 14.7. The minimum Gasteiger partial charge on any atom is -1.00 e. The van der Waals surface area contributed by atoms with E-state index in [4.69, 9.17) is 0 Å². The van der Waals surface area contributed by atoms with Crippen LogP contribution in [0, 0.1) is 6.92 Å². The molecule has 0 bridgehead atoms. The minimum absolute atomic E-state index is 0. The first-order valence-electron chi connectivity index (χ1n) is 10.3. The number of Topliss-reactive ketones (excluding diaryl/α,β-unsaturated/α-hetero) is 1. The number of carbonyl (C=O) groups is 1. The van der Waals surface area contributed by atoms with Crippen LogP contribution in [0.3, 0.4) is 0 Å². The van der Waals surface area contributed by atoms with E-state index in [0.717, 1.165) is 11.7 Å². The number of hydrogen-bond donors (Lipinski definition) is 0. The second-order valence-electron chi connectivity index (χ2n) is 7.58. The summed E-state index contributed by atoms with van der Waals surface area (Å²) in [7, 11) is -1.96. The Morgan fingerprint density at radius 1 is 0.613 bits per heavy atom. The summed E-state index contributed by atoms with van der Waals surface area (Å²) in [6.45, 7) is 2.05. The van der Waals surface area contributed by atoms with E-state index in [0.29, 0.717) is 6.42 Å². The van der Waals surface area contributed by atoms with Gasteiger partial charge in [-0.25, -0.2) is 0 Å². The molecule has 4 aromatic rings. The van der Waals surface area contributed by atoms with Crippen molar-refractivity contribution in [2.75, 3.05) is 6.16 Å². The quantitative estimate of drug-likeness (QED) is 0.288. The van der Waals surface area contributed by atoms with Crippen molar-refractivity contribution in [3.8, 4) is 0 Å². The van der Waals surface area contributed by atoms with Crippen molar-refractivity contribution < 1.29 is 21.8 Å². The van der Waals surface area contributed by atoms with E-state index in [2.05, 4.69) is 91.0 Å². The smallest absolute Gasteiger partial charge is 0.166 e. The third-order valence-electron chi connectivity index (χ3n) is 5.64. The Kier molecular flexibility index (Phi) is 7.96. The van der Waals surface area contributed by atoms with Gasteiger partial charge in [0.2, 0.25) is 0 Å². The van der Waals surface area contributed by atoms with Gasteiger partial charge in [0.15, 0.2) is 5.78 Å². The molecule has 3 heteroatoms. The van der Waals surface area contributed by atoms with Crippen LogP contribution in [0.15, 0.2) is 115 Å². The summed E-state index contributed by atoms with van der Waals surface area (Å²) in [4.78, 5) is 13.1. The number of benzene rings is 4. The Balaban J connectivity index is 0.00000272. The van der Waals surface area contributed by atoms with Gasteiger partial charge in [-0.1, -0.05) is 84.4 Å². The van der Waals surface area contributed by atoms with Gasteiger partial charge in [0, 0.05) is 12.0 Å². The normalized spacial score (nSPS) is 10.9. The second kappa shape index (κ2) is 10.7. The average Bonchev–Trinajstić information content (AvgIpc) is 2.82. The molecule has 156 valence electrons. The Hall–Kier alpha value is -2.54. The third-order valence-corrected chi connectivity index (χ3v) is 10.1. The highest BCUT2D eigenvalue weighted by Gasteiger charge is 2.45. The van der Waals surface area contributed by atoms with E-state index in [9.17, 15) is 4.79 Å². The van der Waals surface area contributed by atoms with Crippen LogP contribution >= 0.6 is 7.26 Å². The van der Waals surface area contributed by atoms with Crippen molar-refractivity contribution in [1.82, 2.24) is 0 Å². The molecule has 0 radical (unpaired) electrons. The molecule has 0 amide bonds. The largest absolute Gasteiger partial charge is 1.00 e. The fourth-order valence-corrected chi connectivity index (χ4v) is 8.29. The summed E-state index contributed by atoms with van der Waals surface area (Å²) >= 11 is 0. The predicted molar refractivity (Wildman–Crippen MR) is 130 cm³/mol. The minimum atomic E-state index is -1.96. The van der Waals surface area contributed by atoms with Gasteiger partial charge < -0.3 is 17.0 Å². The van der Waals surface area contributed by atoms with Crippen molar-refractivity contribution >= 4 is 29.0 Å². The maximum atomic E-state index is 13.1. The van der Waals surface area contributed by atoms with Gasteiger partial charge in [0.05, 0.1) is 6.16 Å². The maximum absolute atomic E-state index is 13.1. The monoisotopic (exact) mass is 488 g/mol. The molecule has 1 nitrogen and oxygen atoms in total. The van der Waals surface area contributed by atoms with E-state index in [1.165, 1.54) is 21.5 Å². The van der Waals surface area contributed by atoms with E-state index < -0.39 is 7.26 Å². The number of carbonyl (C=O) groups excluding carboxylic acids is 1. The summed E-state index contributed by atoms with van der Waals surface area (Å²) in [6, 6.07) is 40.1. The van der Waals surface area contributed by atoms with Crippen molar-refractivity contribution in [3.63, 3.8) is 0 Å². The van der Waals surface area contributed by atoms with Gasteiger partial charge in [-0.2, -0.15) is 0 Å². The molecule has 31 heavy (non-hydrogen) atoms. The van der Waals surface area contributed by atoms with Gasteiger partial charge in [0.1, 0.15) is 23.2 Å². The van der Waals surface area contributed by atoms with Gasteiger partial charge in [-0.05, 0) is 43.3 Å². The average molecular weight is 489 g/mol. The molecule has 0 N–H and O–H groups in total. The van der Waals surface area contributed by atoms with Crippen LogP contribution in [0.25, 0.3) is 0 Å². The van der Waals surface area contributed by atoms with Crippen LogP contribution in [0.5, 0.6) is 0 Å². The molecular formula is C28H26BrOP. The Morgan fingerprint density at radius 3 is 1.39 bits per heavy atom. The van der Waals surface area contributed by atoms with Crippen LogP contribution in [0.2, 0.25) is 0 Å². The fourth-order valence-electron chi connectivity index (χ4n) is 4.03. The van der Waals surface area contributed by atoms with Crippen LogP contribution in [0.4, 0.5) is 0 Å². The molecule has 0 aliphatic carbocycles.